The van der Waals surface area contributed by atoms with Gasteiger partial charge in [-0.2, -0.15) is 0 Å². The average molecular weight is 406 g/mol. The van der Waals surface area contributed by atoms with Crippen LogP contribution in [0.5, 0.6) is 0 Å². The Kier molecular flexibility index (Phi) is 4.90. The number of aromatic nitrogens is 2. The van der Waals surface area contributed by atoms with Crippen LogP contribution in [0.15, 0.2) is 83.9 Å². The van der Waals surface area contributed by atoms with Gasteiger partial charge in [0.2, 0.25) is 0 Å². The summed E-state index contributed by atoms with van der Waals surface area (Å²) in [6, 6.07) is 20.1. The van der Waals surface area contributed by atoms with Crippen molar-refractivity contribution in [2.75, 3.05) is 6.61 Å². The van der Waals surface area contributed by atoms with Crippen molar-refractivity contribution in [3.05, 3.63) is 84.6 Å². The van der Waals surface area contributed by atoms with Crippen LogP contribution in [0.2, 0.25) is 0 Å². The van der Waals surface area contributed by atoms with E-state index in [1.807, 2.05) is 0 Å². The van der Waals surface area contributed by atoms with E-state index >= 15 is 0 Å². The minimum atomic E-state index is -4.00. The van der Waals surface area contributed by atoms with Gasteiger partial charge in [-0.3, -0.25) is 4.98 Å². The van der Waals surface area contributed by atoms with Crippen molar-refractivity contribution in [2.45, 2.75) is 11.8 Å². The van der Waals surface area contributed by atoms with Crippen LogP contribution in [0.3, 0.4) is 0 Å². The zero-order valence-electron chi connectivity index (χ0n) is 15.6. The fourth-order valence-electron chi connectivity index (χ4n) is 3.30. The highest BCUT2D eigenvalue weighted by atomic mass is 32.2. The quantitative estimate of drug-likeness (QED) is 0.466. The molecule has 0 saturated heterocycles. The molecule has 0 aliphatic heterocycles. The summed E-state index contributed by atoms with van der Waals surface area (Å²) in [5, 5.41) is 0.492. The first-order chi connectivity index (χ1) is 14.1. The lowest BCUT2D eigenvalue weighted by atomic mass is 10.1. The van der Waals surface area contributed by atoms with E-state index in [0.717, 1.165) is 0 Å². The summed E-state index contributed by atoms with van der Waals surface area (Å²) in [6.45, 7) is 1.88. The second-order valence-corrected chi connectivity index (χ2v) is 8.05. The summed E-state index contributed by atoms with van der Waals surface area (Å²) in [7, 11) is -4.00. The molecular weight excluding hydrogens is 388 g/mol. The maximum absolute atomic E-state index is 13.6. The van der Waals surface area contributed by atoms with Crippen molar-refractivity contribution in [1.82, 2.24) is 8.96 Å². The van der Waals surface area contributed by atoms with Gasteiger partial charge < -0.3 is 4.74 Å². The molecule has 2 aromatic carbocycles. The highest BCUT2D eigenvalue weighted by Gasteiger charge is 2.31. The molecule has 0 atom stereocenters. The minimum absolute atomic E-state index is 0.119. The second-order valence-electron chi connectivity index (χ2n) is 6.26. The molecule has 0 spiro atoms. The molecule has 2 aromatic heterocycles. The molecule has 0 radical (unpaired) electrons. The van der Waals surface area contributed by atoms with Gasteiger partial charge in [0.25, 0.3) is 10.0 Å². The largest absolute Gasteiger partial charge is 0.462 e. The lowest BCUT2D eigenvalue weighted by molar-refractivity contribution is 0.0529. The van der Waals surface area contributed by atoms with E-state index in [0.29, 0.717) is 16.6 Å². The highest BCUT2D eigenvalue weighted by Crippen LogP contribution is 2.36. The normalized spacial score (nSPS) is 11.5. The molecule has 0 fully saturated rings. The molecule has 0 N–H and O–H groups in total. The molecule has 7 heteroatoms. The van der Waals surface area contributed by atoms with Crippen molar-refractivity contribution < 1.29 is 17.9 Å². The number of nitrogens with zero attached hydrogens (tertiary/aromatic N) is 2. The van der Waals surface area contributed by atoms with Crippen LogP contribution in [0.1, 0.15) is 17.3 Å². The third-order valence-electron chi connectivity index (χ3n) is 4.50. The van der Waals surface area contributed by atoms with Crippen molar-refractivity contribution in [2.24, 2.45) is 0 Å². The molecule has 2 heterocycles. The van der Waals surface area contributed by atoms with Crippen LogP contribution in [0.4, 0.5) is 0 Å². The predicted molar refractivity (Wildman–Crippen MR) is 110 cm³/mol. The molecule has 0 aliphatic rings. The molecule has 6 nitrogen and oxygen atoms in total. The Labute approximate surface area is 168 Å². The number of hydrogen-bond donors (Lipinski definition) is 0. The Balaban J connectivity index is 2.16. The SMILES string of the molecule is CCOC(=O)c1c(-c2ccccn2)n(S(=O)(=O)c2ccccc2)c2ccccc12. The number of para-hydroxylation sites is 1. The fraction of sp³-hybridized carbons (Fsp3) is 0.0909. The Bertz CT molecular complexity index is 1280. The van der Waals surface area contributed by atoms with Crippen molar-refractivity contribution >= 4 is 26.9 Å². The number of carbonyl (C=O) groups is 1. The lowest BCUT2D eigenvalue weighted by Crippen LogP contribution is -2.16. The van der Waals surface area contributed by atoms with Gasteiger partial charge in [-0.25, -0.2) is 17.2 Å². The molecule has 146 valence electrons. The first-order valence-corrected chi connectivity index (χ1v) is 10.5. The lowest BCUT2D eigenvalue weighted by Gasteiger charge is -2.12. The Morgan fingerprint density at radius 3 is 2.34 bits per heavy atom. The van der Waals surface area contributed by atoms with Crippen LogP contribution in [0, 0.1) is 0 Å². The molecule has 0 bridgehead atoms. The minimum Gasteiger partial charge on any atom is -0.462 e. The van der Waals surface area contributed by atoms with E-state index in [2.05, 4.69) is 4.98 Å². The number of fused-ring (bicyclic) bond motifs is 1. The summed E-state index contributed by atoms with van der Waals surface area (Å²) in [6.07, 6.45) is 1.56. The van der Waals surface area contributed by atoms with E-state index in [1.54, 1.807) is 73.8 Å². The number of hydrogen-bond acceptors (Lipinski definition) is 5. The van der Waals surface area contributed by atoms with Gasteiger partial charge in [0.1, 0.15) is 0 Å². The van der Waals surface area contributed by atoms with Crippen LogP contribution in [0.25, 0.3) is 22.3 Å². The fourth-order valence-corrected chi connectivity index (χ4v) is 4.86. The third kappa shape index (κ3) is 3.19. The van der Waals surface area contributed by atoms with Gasteiger partial charge in [-0.1, -0.05) is 42.5 Å². The van der Waals surface area contributed by atoms with E-state index in [1.165, 1.54) is 16.1 Å². The molecular formula is C22H18N2O4S. The molecule has 0 saturated carbocycles. The number of pyridine rings is 1. The van der Waals surface area contributed by atoms with Gasteiger partial charge in [0.05, 0.1) is 34.0 Å². The summed E-state index contributed by atoms with van der Waals surface area (Å²) in [4.78, 5) is 17.3. The topological polar surface area (TPSA) is 78.3 Å². The maximum Gasteiger partial charge on any atom is 0.341 e. The Morgan fingerprint density at radius 1 is 0.966 bits per heavy atom. The first-order valence-electron chi connectivity index (χ1n) is 9.08. The first kappa shape index (κ1) is 18.9. The highest BCUT2D eigenvalue weighted by molar-refractivity contribution is 7.90. The smallest absolute Gasteiger partial charge is 0.341 e. The Morgan fingerprint density at radius 2 is 1.66 bits per heavy atom. The maximum atomic E-state index is 13.6. The van der Waals surface area contributed by atoms with E-state index in [9.17, 15) is 13.2 Å². The third-order valence-corrected chi connectivity index (χ3v) is 6.23. The number of rotatable bonds is 5. The molecule has 4 aromatic rings. The van der Waals surface area contributed by atoms with Crippen LogP contribution < -0.4 is 0 Å². The monoisotopic (exact) mass is 406 g/mol. The molecule has 4 rings (SSSR count). The average Bonchev–Trinajstić information content (AvgIpc) is 3.11. The zero-order valence-corrected chi connectivity index (χ0v) is 16.5. The number of ether oxygens (including phenoxy) is 1. The summed E-state index contributed by atoms with van der Waals surface area (Å²) < 4.78 is 33.7. The summed E-state index contributed by atoms with van der Waals surface area (Å²) in [5.41, 5.74) is 1.13. The summed E-state index contributed by atoms with van der Waals surface area (Å²) in [5.74, 6) is -0.591. The van der Waals surface area contributed by atoms with E-state index in [-0.39, 0.29) is 22.8 Å². The number of esters is 1. The molecule has 0 aliphatic carbocycles. The number of carbonyl (C=O) groups excluding carboxylic acids is 1. The predicted octanol–water partition coefficient (Wildman–Crippen LogP) is 4.12. The Hall–Kier alpha value is -3.45. The summed E-state index contributed by atoms with van der Waals surface area (Å²) >= 11 is 0. The zero-order chi connectivity index (χ0) is 20.4. The van der Waals surface area contributed by atoms with E-state index < -0.39 is 16.0 Å². The van der Waals surface area contributed by atoms with Crippen LogP contribution >= 0.6 is 0 Å². The van der Waals surface area contributed by atoms with Crippen LogP contribution in [-0.4, -0.2) is 30.0 Å². The standard InChI is InChI=1S/C22H18N2O4S/c1-2-28-22(25)20-17-12-6-7-14-19(17)24(21(20)18-13-8-9-15-23-18)29(26,27)16-10-4-3-5-11-16/h3-15H,2H2,1H3. The second kappa shape index (κ2) is 7.52. The van der Waals surface area contributed by atoms with Gasteiger partial charge in [0, 0.05) is 11.6 Å². The van der Waals surface area contributed by atoms with Gasteiger partial charge in [-0.05, 0) is 37.3 Å². The van der Waals surface area contributed by atoms with Gasteiger partial charge >= 0.3 is 5.97 Å². The molecule has 0 unspecified atom stereocenters. The van der Waals surface area contributed by atoms with Gasteiger partial charge in [-0.15, -0.1) is 0 Å². The van der Waals surface area contributed by atoms with Crippen molar-refractivity contribution in [3.63, 3.8) is 0 Å². The van der Waals surface area contributed by atoms with E-state index in [4.69, 9.17) is 4.74 Å². The van der Waals surface area contributed by atoms with Crippen molar-refractivity contribution in [3.8, 4) is 11.4 Å². The molecule has 0 amide bonds. The van der Waals surface area contributed by atoms with Crippen LogP contribution in [-0.2, 0) is 14.8 Å². The van der Waals surface area contributed by atoms with Gasteiger partial charge in [0.15, 0.2) is 0 Å². The molecule has 29 heavy (non-hydrogen) atoms. The van der Waals surface area contributed by atoms with Crippen molar-refractivity contribution in [1.29, 1.82) is 0 Å². The number of benzene rings is 2.